The summed E-state index contributed by atoms with van der Waals surface area (Å²) in [6.07, 6.45) is 5.86. The fourth-order valence-corrected chi connectivity index (χ4v) is 1.94. The van der Waals surface area contributed by atoms with Crippen molar-refractivity contribution in [3.8, 4) is 12.3 Å². The first-order chi connectivity index (χ1) is 7.24. The number of hydrogen-bond acceptors (Lipinski definition) is 3. The van der Waals surface area contributed by atoms with E-state index in [0.717, 1.165) is 30.1 Å². The van der Waals surface area contributed by atoms with Gasteiger partial charge in [-0.2, -0.15) is 0 Å². The largest absolute Gasteiger partial charge is 0.325 e. The van der Waals surface area contributed by atoms with Gasteiger partial charge in [0.05, 0.1) is 5.69 Å². The summed E-state index contributed by atoms with van der Waals surface area (Å²) in [5.74, 6) is 2.52. The van der Waals surface area contributed by atoms with Gasteiger partial charge in [-0.3, -0.25) is 4.79 Å². The van der Waals surface area contributed by atoms with Crippen LogP contribution in [0, 0.1) is 12.3 Å². The third-order valence-corrected chi connectivity index (χ3v) is 2.71. The molecule has 0 bridgehead atoms. The van der Waals surface area contributed by atoms with Crippen LogP contribution in [-0.2, 0) is 11.3 Å². The van der Waals surface area contributed by atoms with Crippen LogP contribution in [0.1, 0.15) is 18.2 Å². The van der Waals surface area contributed by atoms with E-state index < -0.39 is 0 Å². The highest BCUT2D eigenvalue weighted by atomic mass is 32.1. The minimum Gasteiger partial charge on any atom is -0.325 e. The molecule has 80 valence electrons. The quantitative estimate of drug-likeness (QED) is 0.589. The van der Waals surface area contributed by atoms with Crippen molar-refractivity contribution in [1.82, 2.24) is 5.32 Å². The molecule has 1 rings (SSSR count). The van der Waals surface area contributed by atoms with Gasteiger partial charge in [0.25, 0.3) is 0 Å². The van der Waals surface area contributed by atoms with Gasteiger partial charge in [-0.05, 0) is 11.4 Å². The number of rotatable bonds is 5. The molecule has 0 spiro atoms. The first-order valence-corrected chi connectivity index (χ1v) is 5.60. The van der Waals surface area contributed by atoms with Crippen LogP contribution < -0.4 is 10.6 Å². The third-order valence-electron chi connectivity index (χ3n) is 1.79. The van der Waals surface area contributed by atoms with Gasteiger partial charge in [0.15, 0.2) is 0 Å². The Morgan fingerprint density at radius 3 is 3.13 bits per heavy atom. The van der Waals surface area contributed by atoms with Crippen LogP contribution in [0.2, 0.25) is 0 Å². The average molecular weight is 222 g/mol. The molecule has 0 unspecified atom stereocenters. The molecule has 0 aromatic carbocycles. The topological polar surface area (TPSA) is 41.1 Å². The van der Waals surface area contributed by atoms with Crippen molar-refractivity contribution >= 4 is 22.9 Å². The summed E-state index contributed by atoms with van der Waals surface area (Å²) >= 11 is 1.62. The number of terminal acetylenes is 1. The summed E-state index contributed by atoms with van der Waals surface area (Å²) in [5, 5.41) is 7.97. The molecular weight excluding hydrogens is 208 g/mol. The second-order valence-corrected chi connectivity index (χ2v) is 4.07. The molecule has 0 atom stereocenters. The van der Waals surface area contributed by atoms with Crippen LogP contribution in [0.4, 0.5) is 5.69 Å². The second kappa shape index (κ2) is 6.23. The summed E-state index contributed by atoms with van der Waals surface area (Å²) < 4.78 is 0. The molecule has 1 heterocycles. The minimum atomic E-state index is -0.0433. The van der Waals surface area contributed by atoms with E-state index in [-0.39, 0.29) is 5.91 Å². The van der Waals surface area contributed by atoms with Crippen molar-refractivity contribution in [2.75, 3.05) is 11.9 Å². The summed E-state index contributed by atoms with van der Waals surface area (Å²) in [7, 11) is 0. The maximum atomic E-state index is 10.9. The van der Waals surface area contributed by atoms with E-state index in [1.54, 1.807) is 11.3 Å². The highest BCUT2D eigenvalue weighted by Gasteiger charge is 2.04. The Morgan fingerprint density at radius 2 is 2.47 bits per heavy atom. The number of hydrogen-bond donors (Lipinski definition) is 2. The predicted molar refractivity (Wildman–Crippen MR) is 63.8 cm³/mol. The zero-order chi connectivity index (χ0) is 11.1. The predicted octanol–water partition coefficient (Wildman–Crippen LogP) is 1.82. The molecule has 1 amide bonds. The summed E-state index contributed by atoms with van der Waals surface area (Å²) in [4.78, 5) is 12.0. The van der Waals surface area contributed by atoms with E-state index in [1.807, 2.05) is 11.4 Å². The summed E-state index contributed by atoms with van der Waals surface area (Å²) in [6, 6.07) is 1.91. The van der Waals surface area contributed by atoms with Crippen molar-refractivity contribution in [3.63, 3.8) is 0 Å². The molecule has 2 N–H and O–H groups in total. The lowest BCUT2D eigenvalue weighted by atomic mass is 10.3. The van der Waals surface area contributed by atoms with E-state index in [4.69, 9.17) is 6.42 Å². The van der Waals surface area contributed by atoms with E-state index in [1.165, 1.54) is 6.92 Å². The standard InChI is InChI=1S/C11H14N2OS/c1-3-4-6-12-8-11-10(5-7-15-11)13-9(2)14/h1,5,7,12H,4,6,8H2,2H3,(H,13,14). The molecule has 15 heavy (non-hydrogen) atoms. The number of amides is 1. The lowest BCUT2D eigenvalue weighted by molar-refractivity contribution is -0.114. The Balaban J connectivity index is 2.43. The maximum Gasteiger partial charge on any atom is 0.221 e. The van der Waals surface area contributed by atoms with Crippen LogP contribution >= 0.6 is 11.3 Å². The zero-order valence-electron chi connectivity index (χ0n) is 8.67. The Kier molecular flexibility index (Phi) is 4.88. The summed E-state index contributed by atoms with van der Waals surface area (Å²) in [5.41, 5.74) is 0.890. The van der Waals surface area contributed by atoms with Crippen LogP contribution in [0.15, 0.2) is 11.4 Å². The van der Waals surface area contributed by atoms with Crippen LogP contribution in [0.3, 0.4) is 0 Å². The van der Waals surface area contributed by atoms with Crippen molar-refractivity contribution in [3.05, 3.63) is 16.3 Å². The Bertz CT molecular complexity index is 365. The molecule has 0 radical (unpaired) electrons. The highest BCUT2D eigenvalue weighted by Crippen LogP contribution is 2.21. The molecule has 0 fully saturated rings. The molecular formula is C11H14N2OS. The van der Waals surface area contributed by atoms with Gasteiger partial charge in [0, 0.05) is 31.3 Å². The molecule has 4 heteroatoms. The lowest BCUT2D eigenvalue weighted by Crippen LogP contribution is -2.15. The smallest absolute Gasteiger partial charge is 0.221 e. The van der Waals surface area contributed by atoms with Crippen LogP contribution in [0.5, 0.6) is 0 Å². The van der Waals surface area contributed by atoms with Gasteiger partial charge in [-0.15, -0.1) is 23.7 Å². The maximum absolute atomic E-state index is 10.9. The highest BCUT2D eigenvalue weighted by molar-refractivity contribution is 7.10. The fraction of sp³-hybridized carbons (Fsp3) is 0.364. The van der Waals surface area contributed by atoms with E-state index in [9.17, 15) is 4.79 Å². The van der Waals surface area contributed by atoms with Crippen LogP contribution in [-0.4, -0.2) is 12.5 Å². The number of carbonyl (C=O) groups excluding carboxylic acids is 1. The molecule has 0 aliphatic carbocycles. The Morgan fingerprint density at radius 1 is 1.67 bits per heavy atom. The van der Waals surface area contributed by atoms with Crippen LogP contribution in [0.25, 0.3) is 0 Å². The number of anilines is 1. The molecule has 1 aromatic heterocycles. The molecule has 0 aliphatic rings. The molecule has 1 aromatic rings. The minimum absolute atomic E-state index is 0.0433. The third kappa shape index (κ3) is 4.15. The van der Waals surface area contributed by atoms with Gasteiger partial charge in [0.1, 0.15) is 0 Å². The van der Waals surface area contributed by atoms with Gasteiger partial charge < -0.3 is 10.6 Å². The van der Waals surface area contributed by atoms with E-state index in [0.29, 0.717) is 0 Å². The Labute approximate surface area is 93.9 Å². The average Bonchev–Trinajstić information content (AvgIpc) is 2.59. The Hall–Kier alpha value is -1.31. The first-order valence-electron chi connectivity index (χ1n) is 4.72. The second-order valence-electron chi connectivity index (χ2n) is 3.07. The van der Waals surface area contributed by atoms with E-state index >= 15 is 0 Å². The molecule has 0 saturated carbocycles. The SMILES string of the molecule is C#CCCNCc1sccc1NC(C)=O. The zero-order valence-corrected chi connectivity index (χ0v) is 9.49. The number of carbonyl (C=O) groups is 1. The fourth-order valence-electron chi connectivity index (χ4n) is 1.14. The molecule has 0 aliphatic heterocycles. The van der Waals surface area contributed by atoms with Crippen molar-refractivity contribution in [2.45, 2.75) is 19.9 Å². The van der Waals surface area contributed by atoms with Gasteiger partial charge >= 0.3 is 0 Å². The molecule has 3 nitrogen and oxygen atoms in total. The van der Waals surface area contributed by atoms with Crippen molar-refractivity contribution in [1.29, 1.82) is 0 Å². The van der Waals surface area contributed by atoms with Gasteiger partial charge in [-0.25, -0.2) is 0 Å². The normalized spacial score (nSPS) is 9.60. The van der Waals surface area contributed by atoms with Crippen molar-refractivity contribution < 1.29 is 4.79 Å². The molecule has 0 saturated heterocycles. The first kappa shape index (κ1) is 11.8. The van der Waals surface area contributed by atoms with Gasteiger partial charge in [-0.1, -0.05) is 0 Å². The van der Waals surface area contributed by atoms with E-state index in [2.05, 4.69) is 16.6 Å². The summed E-state index contributed by atoms with van der Waals surface area (Å²) in [6.45, 7) is 3.05. The van der Waals surface area contributed by atoms with Crippen molar-refractivity contribution in [2.24, 2.45) is 0 Å². The number of nitrogens with one attached hydrogen (secondary N) is 2. The lowest BCUT2D eigenvalue weighted by Gasteiger charge is -2.04. The van der Waals surface area contributed by atoms with Gasteiger partial charge in [0.2, 0.25) is 5.91 Å². The monoisotopic (exact) mass is 222 g/mol. The number of thiophene rings is 1.